The molecule has 0 radical (unpaired) electrons. The van der Waals surface area contributed by atoms with Crippen molar-refractivity contribution < 1.29 is 8.42 Å². The first-order chi connectivity index (χ1) is 12.0. The summed E-state index contributed by atoms with van der Waals surface area (Å²) in [5, 5.41) is 3.42. The van der Waals surface area contributed by atoms with Crippen LogP contribution in [-0.4, -0.2) is 68.3 Å². The molecule has 2 aliphatic rings. The summed E-state index contributed by atoms with van der Waals surface area (Å²) in [7, 11) is -3.10. The van der Waals surface area contributed by atoms with Crippen molar-refractivity contribution in [1.29, 1.82) is 0 Å². The van der Waals surface area contributed by atoms with E-state index in [0.717, 1.165) is 32.0 Å². The minimum Gasteiger partial charge on any atom is -0.357 e. The molecule has 0 atom stereocenters. The highest BCUT2D eigenvalue weighted by Crippen LogP contribution is 2.42. The van der Waals surface area contributed by atoms with E-state index in [1.807, 2.05) is 0 Å². The minimum atomic E-state index is -3.10. The van der Waals surface area contributed by atoms with Crippen LogP contribution in [-0.2, 0) is 10.0 Å². The van der Waals surface area contributed by atoms with Gasteiger partial charge in [-0.3, -0.25) is 4.99 Å². The molecule has 0 aromatic rings. The van der Waals surface area contributed by atoms with Crippen molar-refractivity contribution in [3.05, 3.63) is 0 Å². The highest BCUT2D eigenvalue weighted by molar-refractivity contribution is 14.0. The quantitative estimate of drug-likeness (QED) is 0.235. The Bertz CT molecular complexity index is 531. The SMILES string of the molecule is CCNC(=NCCCNS(=O)(=O)CC)N1CCSC2(CCCCC2)C1.I. The third kappa shape index (κ3) is 7.71. The van der Waals surface area contributed by atoms with E-state index < -0.39 is 10.0 Å². The van der Waals surface area contributed by atoms with Crippen LogP contribution in [0.1, 0.15) is 52.4 Å². The molecule has 0 amide bonds. The zero-order valence-corrected chi connectivity index (χ0v) is 20.1. The lowest BCUT2D eigenvalue weighted by Crippen LogP contribution is -2.53. The number of nitrogens with one attached hydrogen (secondary N) is 2. The van der Waals surface area contributed by atoms with Crippen LogP contribution in [0.4, 0.5) is 0 Å². The van der Waals surface area contributed by atoms with Gasteiger partial charge in [-0.25, -0.2) is 13.1 Å². The van der Waals surface area contributed by atoms with Gasteiger partial charge in [0.15, 0.2) is 5.96 Å². The standard InChI is InChI=1S/C17H34N4O2S2.HI/c1-3-18-16(19-11-8-12-20-25(22,23)4-2)21-13-14-24-17(15-21)9-6-5-7-10-17;/h20H,3-15H2,1-2H3,(H,18,19);1H. The van der Waals surface area contributed by atoms with Gasteiger partial charge in [-0.1, -0.05) is 19.3 Å². The van der Waals surface area contributed by atoms with Crippen molar-refractivity contribution in [2.75, 3.05) is 44.2 Å². The Morgan fingerprint density at radius 1 is 1.23 bits per heavy atom. The molecule has 0 bridgehead atoms. The molecule has 0 aromatic heterocycles. The molecule has 1 saturated carbocycles. The maximum Gasteiger partial charge on any atom is 0.211 e. The molecular formula is C17H35IN4O2S2. The smallest absolute Gasteiger partial charge is 0.211 e. The van der Waals surface area contributed by atoms with Gasteiger partial charge in [-0.2, -0.15) is 11.8 Å². The van der Waals surface area contributed by atoms with E-state index in [0.29, 0.717) is 17.8 Å². The molecule has 6 nitrogen and oxygen atoms in total. The summed E-state index contributed by atoms with van der Waals surface area (Å²) in [6.07, 6.45) is 7.46. The second-order valence-electron chi connectivity index (χ2n) is 6.90. The molecule has 1 saturated heterocycles. The summed E-state index contributed by atoms with van der Waals surface area (Å²) in [5.74, 6) is 2.29. The summed E-state index contributed by atoms with van der Waals surface area (Å²) in [6, 6.07) is 0. The molecule has 0 aromatic carbocycles. The van der Waals surface area contributed by atoms with Gasteiger partial charge < -0.3 is 10.2 Å². The molecule has 1 aliphatic carbocycles. The Kier molecular flexibility index (Phi) is 11.2. The molecular weight excluding hydrogens is 483 g/mol. The summed E-state index contributed by atoms with van der Waals surface area (Å²) in [5.41, 5.74) is 0. The summed E-state index contributed by atoms with van der Waals surface area (Å²) in [4.78, 5) is 7.17. The van der Waals surface area contributed by atoms with E-state index >= 15 is 0 Å². The van der Waals surface area contributed by atoms with E-state index in [-0.39, 0.29) is 29.7 Å². The molecule has 2 N–H and O–H groups in total. The molecule has 26 heavy (non-hydrogen) atoms. The first kappa shape index (κ1) is 24.3. The highest BCUT2D eigenvalue weighted by Gasteiger charge is 2.38. The Labute approximate surface area is 180 Å². The maximum absolute atomic E-state index is 11.4. The lowest BCUT2D eigenvalue weighted by molar-refractivity contribution is 0.293. The number of hydrogen-bond acceptors (Lipinski definition) is 4. The van der Waals surface area contributed by atoms with Gasteiger partial charge in [0.05, 0.1) is 5.75 Å². The van der Waals surface area contributed by atoms with Crippen molar-refractivity contribution in [1.82, 2.24) is 14.9 Å². The average molecular weight is 519 g/mol. The van der Waals surface area contributed by atoms with Gasteiger partial charge in [0.2, 0.25) is 10.0 Å². The van der Waals surface area contributed by atoms with Crippen molar-refractivity contribution >= 4 is 51.7 Å². The number of halogens is 1. The molecule has 1 heterocycles. The van der Waals surface area contributed by atoms with Gasteiger partial charge in [0.1, 0.15) is 0 Å². The molecule has 2 fully saturated rings. The number of thioether (sulfide) groups is 1. The van der Waals surface area contributed by atoms with Gasteiger partial charge in [0.25, 0.3) is 0 Å². The van der Waals surface area contributed by atoms with E-state index in [4.69, 9.17) is 4.99 Å². The van der Waals surface area contributed by atoms with Crippen LogP contribution in [0.5, 0.6) is 0 Å². The Morgan fingerprint density at radius 3 is 2.62 bits per heavy atom. The largest absolute Gasteiger partial charge is 0.357 e. The zero-order chi connectivity index (χ0) is 18.2. The van der Waals surface area contributed by atoms with Crippen LogP contribution in [0.3, 0.4) is 0 Å². The van der Waals surface area contributed by atoms with Gasteiger partial charge in [-0.15, -0.1) is 24.0 Å². The number of sulfonamides is 1. The van der Waals surface area contributed by atoms with E-state index in [9.17, 15) is 8.42 Å². The average Bonchev–Trinajstić information content (AvgIpc) is 2.61. The van der Waals surface area contributed by atoms with E-state index in [1.165, 1.54) is 37.9 Å². The van der Waals surface area contributed by atoms with Gasteiger partial charge in [0, 0.05) is 43.2 Å². The fourth-order valence-electron chi connectivity index (χ4n) is 3.54. The third-order valence-electron chi connectivity index (χ3n) is 4.95. The summed E-state index contributed by atoms with van der Waals surface area (Å²) < 4.78 is 25.9. The first-order valence-electron chi connectivity index (χ1n) is 9.65. The second kappa shape index (κ2) is 12.0. The minimum absolute atomic E-state index is 0. The van der Waals surface area contributed by atoms with Crippen LogP contribution in [0, 0.1) is 0 Å². The Hall–Kier alpha value is 0.260. The van der Waals surface area contributed by atoms with Crippen molar-refractivity contribution in [2.24, 2.45) is 4.99 Å². The first-order valence-corrected chi connectivity index (χ1v) is 12.3. The third-order valence-corrected chi connectivity index (χ3v) is 7.89. The number of rotatable bonds is 7. The fourth-order valence-corrected chi connectivity index (χ4v) is 5.77. The van der Waals surface area contributed by atoms with Gasteiger partial charge in [-0.05, 0) is 33.1 Å². The van der Waals surface area contributed by atoms with Crippen LogP contribution in [0.15, 0.2) is 4.99 Å². The number of guanidine groups is 1. The van der Waals surface area contributed by atoms with Crippen molar-refractivity contribution in [2.45, 2.75) is 57.1 Å². The lowest BCUT2D eigenvalue weighted by Gasteiger charge is -2.45. The fraction of sp³-hybridized carbons (Fsp3) is 0.941. The normalized spacial score (nSPS) is 20.7. The van der Waals surface area contributed by atoms with Gasteiger partial charge >= 0.3 is 0 Å². The molecule has 154 valence electrons. The predicted octanol–water partition coefficient (Wildman–Crippen LogP) is 2.65. The second-order valence-corrected chi connectivity index (χ2v) is 10.6. The monoisotopic (exact) mass is 518 g/mol. The molecule has 9 heteroatoms. The predicted molar refractivity (Wildman–Crippen MR) is 123 cm³/mol. The van der Waals surface area contributed by atoms with E-state index in [1.54, 1.807) is 6.92 Å². The van der Waals surface area contributed by atoms with Crippen LogP contribution >= 0.6 is 35.7 Å². The number of aliphatic imine (C=N–C) groups is 1. The summed E-state index contributed by atoms with van der Waals surface area (Å²) >= 11 is 2.16. The number of hydrogen-bond donors (Lipinski definition) is 2. The summed E-state index contributed by atoms with van der Waals surface area (Å²) in [6.45, 7) is 7.84. The molecule has 2 rings (SSSR count). The Morgan fingerprint density at radius 2 is 1.96 bits per heavy atom. The zero-order valence-electron chi connectivity index (χ0n) is 16.1. The van der Waals surface area contributed by atoms with Crippen LogP contribution in [0.25, 0.3) is 0 Å². The highest BCUT2D eigenvalue weighted by atomic mass is 127. The van der Waals surface area contributed by atoms with Crippen molar-refractivity contribution in [3.8, 4) is 0 Å². The molecule has 0 unspecified atom stereocenters. The number of nitrogens with zero attached hydrogens (tertiary/aromatic N) is 2. The topological polar surface area (TPSA) is 73.8 Å². The Balaban J connectivity index is 0.00000338. The molecule has 1 aliphatic heterocycles. The lowest BCUT2D eigenvalue weighted by atomic mass is 9.87. The maximum atomic E-state index is 11.4. The van der Waals surface area contributed by atoms with Crippen LogP contribution < -0.4 is 10.0 Å². The van der Waals surface area contributed by atoms with Crippen LogP contribution in [0.2, 0.25) is 0 Å². The van der Waals surface area contributed by atoms with Crippen molar-refractivity contribution in [3.63, 3.8) is 0 Å². The van der Waals surface area contributed by atoms with E-state index in [2.05, 4.69) is 33.6 Å². The molecule has 1 spiro atoms.